The van der Waals surface area contributed by atoms with E-state index in [-0.39, 0.29) is 6.04 Å². The van der Waals surface area contributed by atoms with Gasteiger partial charge in [-0.3, -0.25) is 4.31 Å². The summed E-state index contributed by atoms with van der Waals surface area (Å²) in [6.45, 7) is 2.24. The first-order chi connectivity index (χ1) is 11.1. The van der Waals surface area contributed by atoms with Gasteiger partial charge in [0.2, 0.25) is 0 Å². The molecule has 1 aliphatic carbocycles. The summed E-state index contributed by atoms with van der Waals surface area (Å²) in [5.41, 5.74) is 0.760. The third-order valence-corrected chi connectivity index (χ3v) is 6.52. The van der Waals surface area contributed by atoms with Gasteiger partial charge in [0, 0.05) is 6.04 Å². The van der Waals surface area contributed by atoms with Crippen LogP contribution in [0.25, 0.3) is 0 Å². The van der Waals surface area contributed by atoms with Crippen LogP contribution in [0.4, 0.5) is 5.69 Å². The van der Waals surface area contributed by atoms with Crippen LogP contribution in [-0.2, 0) is 10.0 Å². The number of para-hydroxylation sites is 1. The minimum atomic E-state index is -3.54. The molecule has 3 rings (SSSR count). The lowest BCUT2D eigenvalue weighted by Gasteiger charge is -2.36. The van der Waals surface area contributed by atoms with E-state index in [1.807, 2.05) is 36.4 Å². The highest BCUT2D eigenvalue weighted by Gasteiger charge is 2.33. The van der Waals surface area contributed by atoms with Crippen molar-refractivity contribution in [3.63, 3.8) is 0 Å². The Bertz CT molecular complexity index is 720. The first-order valence-electron chi connectivity index (χ1n) is 8.23. The van der Waals surface area contributed by atoms with Gasteiger partial charge in [-0.25, -0.2) is 8.42 Å². The highest BCUT2D eigenvalue weighted by atomic mass is 32.2. The second-order valence-electron chi connectivity index (χ2n) is 6.36. The Labute approximate surface area is 139 Å². The number of hydrogen-bond donors (Lipinski definition) is 0. The molecule has 3 nitrogen and oxygen atoms in total. The molecule has 0 radical (unpaired) electrons. The van der Waals surface area contributed by atoms with Gasteiger partial charge in [-0.2, -0.15) is 0 Å². The zero-order valence-corrected chi connectivity index (χ0v) is 14.2. The summed E-state index contributed by atoms with van der Waals surface area (Å²) >= 11 is 0. The van der Waals surface area contributed by atoms with Gasteiger partial charge in [0.05, 0.1) is 10.6 Å². The smallest absolute Gasteiger partial charge is 0.263 e. The van der Waals surface area contributed by atoms with Crippen molar-refractivity contribution in [2.75, 3.05) is 4.31 Å². The third-order valence-electron chi connectivity index (χ3n) is 4.63. The molecule has 4 heteroatoms. The molecule has 0 bridgehead atoms. The van der Waals surface area contributed by atoms with E-state index >= 15 is 0 Å². The van der Waals surface area contributed by atoms with Gasteiger partial charge in [-0.15, -0.1) is 0 Å². The van der Waals surface area contributed by atoms with Crippen molar-refractivity contribution >= 4 is 15.7 Å². The van der Waals surface area contributed by atoms with Gasteiger partial charge in [-0.1, -0.05) is 43.3 Å². The van der Waals surface area contributed by atoms with Gasteiger partial charge in [0.1, 0.15) is 0 Å². The Hall–Kier alpha value is -1.81. The van der Waals surface area contributed by atoms with Crippen molar-refractivity contribution in [1.82, 2.24) is 0 Å². The number of rotatable bonds is 4. The molecular formula is C19H23NO2S. The van der Waals surface area contributed by atoms with E-state index < -0.39 is 10.0 Å². The fourth-order valence-corrected chi connectivity index (χ4v) is 5.03. The van der Waals surface area contributed by atoms with Crippen molar-refractivity contribution in [3.8, 4) is 0 Å². The largest absolute Gasteiger partial charge is 0.264 e. The molecule has 0 saturated heterocycles. The van der Waals surface area contributed by atoms with Crippen molar-refractivity contribution in [1.29, 1.82) is 0 Å². The maximum Gasteiger partial charge on any atom is 0.264 e. The summed E-state index contributed by atoms with van der Waals surface area (Å²) in [5, 5.41) is 0. The van der Waals surface area contributed by atoms with E-state index in [1.165, 1.54) is 0 Å². The van der Waals surface area contributed by atoms with Gasteiger partial charge in [0.25, 0.3) is 10.0 Å². The number of hydrogen-bond acceptors (Lipinski definition) is 2. The van der Waals surface area contributed by atoms with Crippen LogP contribution in [0, 0.1) is 5.92 Å². The highest BCUT2D eigenvalue weighted by Crippen LogP contribution is 2.34. The monoisotopic (exact) mass is 329 g/mol. The topological polar surface area (TPSA) is 37.4 Å². The van der Waals surface area contributed by atoms with E-state index in [2.05, 4.69) is 6.92 Å². The number of sulfonamides is 1. The average Bonchev–Trinajstić information content (AvgIpc) is 2.58. The molecule has 1 fully saturated rings. The van der Waals surface area contributed by atoms with E-state index in [1.54, 1.807) is 28.6 Å². The van der Waals surface area contributed by atoms with Crippen LogP contribution >= 0.6 is 0 Å². The lowest BCUT2D eigenvalue weighted by molar-refractivity contribution is 0.348. The molecule has 0 N–H and O–H groups in total. The van der Waals surface area contributed by atoms with Gasteiger partial charge < -0.3 is 0 Å². The molecule has 122 valence electrons. The Morgan fingerprint density at radius 2 is 1.35 bits per heavy atom. The maximum atomic E-state index is 13.2. The SMILES string of the molecule is CC1CCC(N(c2ccccc2)S(=O)(=O)c2ccccc2)CC1. The Morgan fingerprint density at radius 1 is 0.826 bits per heavy atom. The molecule has 23 heavy (non-hydrogen) atoms. The zero-order valence-electron chi connectivity index (χ0n) is 13.4. The van der Waals surface area contributed by atoms with E-state index in [9.17, 15) is 8.42 Å². The lowest BCUT2D eigenvalue weighted by atomic mass is 9.87. The van der Waals surface area contributed by atoms with Crippen molar-refractivity contribution in [3.05, 3.63) is 60.7 Å². The number of benzene rings is 2. The molecule has 0 unspecified atom stereocenters. The molecule has 0 atom stereocenters. The van der Waals surface area contributed by atoms with Crippen molar-refractivity contribution in [2.24, 2.45) is 5.92 Å². The predicted molar refractivity (Wildman–Crippen MR) is 94.0 cm³/mol. The molecule has 0 aliphatic heterocycles. The van der Waals surface area contributed by atoms with Gasteiger partial charge in [0.15, 0.2) is 0 Å². The Kier molecular flexibility index (Phi) is 4.71. The summed E-state index contributed by atoms with van der Waals surface area (Å²) in [7, 11) is -3.54. The third kappa shape index (κ3) is 3.42. The fourth-order valence-electron chi connectivity index (χ4n) is 3.30. The molecule has 0 aromatic heterocycles. The summed E-state index contributed by atoms with van der Waals surface area (Å²) in [5.74, 6) is 0.684. The van der Waals surface area contributed by atoms with Gasteiger partial charge in [-0.05, 0) is 55.9 Å². The first-order valence-corrected chi connectivity index (χ1v) is 9.67. The van der Waals surface area contributed by atoms with Crippen LogP contribution in [0.2, 0.25) is 0 Å². The average molecular weight is 329 g/mol. The highest BCUT2D eigenvalue weighted by molar-refractivity contribution is 7.92. The van der Waals surface area contributed by atoms with Crippen LogP contribution in [0.3, 0.4) is 0 Å². The van der Waals surface area contributed by atoms with E-state index in [0.29, 0.717) is 10.8 Å². The fraction of sp³-hybridized carbons (Fsp3) is 0.368. The standard InChI is InChI=1S/C19H23NO2S/c1-16-12-14-18(15-13-16)20(17-8-4-2-5-9-17)23(21,22)19-10-6-3-7-11-19/h2-11,16,18H,12-15H2,1H3. The number of nitrogens with zero attached hydrogens (tertiary/aromatic N) is 1. The lowest BCUT2D eigenvalue weighted by Crippen LogP contribution is -2.42. The second-order valence-corrected chi connectivity index (χ2v) is 8.18. The minimum Gasteiger partial charge on any atom is -0.263 e. The minimum absolute atomic E-state index is 0.0406. The van der Waals surface area contributed by atoms with Crippen LogP contribution in [0.1, 0.15) is 32.6 Å². The normalized spacial score (nSPS) is 21.8. The first kappa shape index (κ1) is 16.1. The molecular weight excluding hydrogens is 306 g/mol. The molecule has 1 aliphatic rings. The molecule has 2 aromatic rings. The molecule has 0 amide bonds. The van der Waals surface area contributed by atoms with Crippen molar-refractivity contribution in [2.45, 2.75) is 43.5 Å². The van der Waals surface area contributed by atoms with Crippen LogP contribution in [0.5, 0.6) is 0 Å². The molecule has 0 spiro atoms. The Balaban J connectivity index is 2.02. The quantitative estimate of drug-likeness (QED) is 0.830. The molecule has 1 saturated carbocycles. The summed E-state index contributed by atoms with van der Waals surface area (Å²) in [6.07, 6.45) is 4.00. The molecule has 2 aromatic carbocycles. The van der Waals surface area contributed by atoms with Crippen molar-refractivity contribution < 1.29 is 8.42 Å². The van der Waals surface area contributed by atoms with E-state index in [0.717, 1.165) is 31.4 Å². The second kappa shape index (κ2) is 6.75. The van der Waals surface area contributed by atoms with Crippen LogP contribution in [-0.4, -0.2) is 14.5 Å². The van der Waals surface area contributed by atoms with Crippen LogP contribution in [0.15, 0.2) is 65.6 Å². The van der Waals surface area contributed by atoms with Gasteiger partial charge >= 0.3 is 0 Å². The van der Waals surface area contributed by atoms with Crippen LogP contribution < -0.4 is 4.31 Å². The Morgan fingerprint density at radius 3 is 1.91 bits per heavy atom. The number of anilines is 1. The molecule has 0 heterocycles. The maximum absolute atomic E-state index is 13.2. The summed E-state index contributed by atoms with van der Waals surface area (Å²) in [4.78, 5) is 0.363. The summed E-state index contributed by atoms with van der Waals surface area (Å²) in [6, 6.07) is 18.3. The summed E-state index contributed by atoms with van der Waals surface area (Å²) < 4.78 is 28.1. The van der Waals surface area contributed by atoms with E-state index in [4.69, 9.17) is 0 Å². The predicted octanol–water partition coefficient (Wildman–Crippen LogP) is 4.46. The zero-order chi connectivity index (χ0) is 16.3.